The first-order valence-electron chi connectivity index (χ1n) is 5.72. The summed E-state index contributed by atoms with van der Waals surface area (Å²) in [6.07, 6.45) is 0. The molecule has 0 aliphatic heterocycles. The molecule has 0 spiro atoms. The minimum Gasteiger partial charge on any atom is -0.405 e. The standard InChI is InChI=1S/C13H14N3O3.Y/c1-8-4-5-10(9(2)6-8)12(17)14-13-16-15-11(19-13)7-18-3;/h4-5H,7H2,1-3H3,(H,14,16,17);/q-1;. The van der Waals surface area contributed by atoms with Crippen LogP contribution in [0.4, 0.5) is 6.01 Å². The van der Waals surface area contributed by atoms with E-state index in [1.54, 1.807) is 6.07 Å². The Morgan fingerprint density at radius 1 is 1.40 bits per heavy atom. The molecule has 0 atom stereocenters. The monoisotopic (exact) mass is 349 g/mol. The summed E-state index contributed by atoms with van der Waals surface area (Å²) in [4.78, 5) is 12.0. The van der Waals surface area contributed by atoms with Crippen LogP contribution < -0.4 is 5.32 Å². The molecule has 103 valence electrons. The van der Waals surface area contributed by atoms with Gasteiger partial charge in [0.2, 0.25) is 11.8 Å². The average Bonchev–Trinajstić information content (AvgIpc) is 2.76. The Morgan fingerprint density at radius 3 is 2.80 bits per heavy atom. The van der Waals surface area contributed by atoms with E-state index in [-0.39, 0.29) is 51.2 Å². The molecule has 0 saturated carbocycles. The number of benzene rings is 1. The fourth-order valence-electron chi connectivity index (χ4n) is 1.63. The SMILES string of the molecule is COCc1nnc(NC(=O)c2ccc(C)[c-]c2C)o1.[Y]. The number of amides is 1. The van der Waals surface area contributed by atoms with E-state index in [4.69, 9.17) is 9.15 Å². The third-order valence-corrected chi connectivity index (χ3v) is 2.49. The molecule has 1 aromatic heterocycles. The van der Waals surface area contributed by atoms with Crippen LogP contribution in [0.5, 0.6) is 0 Å². The zero-order valence-electron chi connectivity index (χ0n) is 11.6. The smallest absolute Gasteiger partial charge is 0.321 e. The molecular formula is C13H14N3O3Y-. The van der Waals surface area contributed by atoms with Gasteiger partial charge < -0.3 is 9.15 Å². The van der Waals surface area contributed by atoms with Crippen LogP contribution in [0.3, 0.4) is 0 Å². The van der Waals surface area contributed by atoms with Gasteiger partial charge in [-0.3, -0.25) is 10.1 Å². The molecule has 1 heterocycles. The van der Waals surface area contributed by atoms with Crippen molar-refractivity contribution >= 4 is 11.9 Å². The first-order chi connectivity index (χ1) is 9.10. The number of hydrogen-bond donors (Lipinski definition) is 1. The third-order valence-electron chi connectivity index (χ3n) is 2.49. The van der Waals surface area contributed by atoms with Crippen LogP contribution in [0.15, 0.2) is 16.5 Å². The zero-order chi connectivity index (χ0) is 13.8. The molecule has 1 N–H and O–H groups in total. The Morgan fingerprint density at radius 2 is 2.15 bits per heavy atom. The number of aromatic nitrogens is 2. The van der Waals surface area contributed by atoms with Gasteiger partial charge in [-0.15, -0.1) is 5.10 Å². The summed E-state index contributed by atoms with van der Waals surface area (Å²) < 4.78 is 10.0. The molecule has 0 aliphatic carbocycles. The minimum absolute atomic E-state index is 0. The number of nitrogens with one attached hydrogen (secondary N) is 1. The van der Waals surface area contributed by atoms with Gasteiger partial charge in [0.05, 0.1) is 0 Å². The van der Waals surface area contributed by atoms with Crippen molar-refractivity contribution in [2.75, 3.05) is 12.4 Å². The van der Waals surface area contributed by atoms with Crippen molar-refractivity contribution in [2.45, 2.75) is 20.5 Å². The van der Waals surface area contributed by atoms with Crippen LogP contribution in [0.25, 0.3) is 0 Å². The second-order valence-corrected chi connectivity index (χ2v) is 4.07. The van der Waals surface area contributed by atoms with Gasteiger partial charge >= 0.3 is 6.01 Å². The molecule has 0 bridgehead atoms. The van der Waals surface area contributed by atoms with Gasteiger partial charge in [-0.1, -0.05) is 24.5 Å². The topological polar surface area (TPSA) is 77.3 Å². The van der Waals surface area contributed by atoms with E-state index in [1.165, 1.54) is 7.11 Å². The Hall–Kier alpha value is -1.11. The number of hydrogen-bond acceptors (Lipinski definition) is 5. The number of ether oxygens (including phenoxy) is 1. The maximum Gasteiger partial charge on any atom is 0.321 e. The van der Waals surface area contributed by atoms with Gasteiger partial charge in [-0.2, -0.15) is 29.3 Å². The number of methoxy groups -OCH3 is 1. The van der Waals surface area contributed by atoms with Crippen molar-refractivity contribution in [1.82, 2.24) is 10.2 Å². The van der Waals surface area contributed by atoms with Crippen molar-refractivity contribution in [3.63, 3.8) is 0 Å². The van der Waals surface area contributed by atoms with Crippen LogP contribution in [-0.4, -0.2) is 23.2 Å². The van der Waals surface area contributed by atoms with Crippen LogP contribution in [0, 0.1) is 19.9 Å². The van der Waals surface area contributed by atoms with Crippen LogP contribution in [0.2, 0.25) is 0 Å². The summed E-state index contributed by atoms with van der Waals surface area (Å²) in [6.45, 7) is 3.95. The van der Waals surface area contributed by atoms with Gasteiger partial charge in [0.15, 0.2) is 0 Å². The second-order valence-electron chi connectivity index (χ2n) is 4.07. The summed E-state index contributed by atoms with van der Waals surface area (Å²) in [7, 11) is 1.52. The predicted molar refractivity (Wildman–Crippen MR) is 67.7 cm³/mol. The molecule has 2 rings (SSSR count). The maximum absolute atomic E-state index is 12.0. The fourth-order valence-corrected chi connectivity index (χ4v) is 1.63. The van der Waals surface area contributed by atoms with Crippen LogP contribution in [-0.2, 0) is 44.1 Å². The van der Waals surface area contributed by atoms with Crippen molar-refractivity contribution in [2.24, 2.45) is 0 Å². The van der Waals surface area contributed by atoms with Gasteiger partial charge in [0.25, 0.3) is 0 Å². The summed E-state index contributed by atoms with van der Waals surface area (Å²) in [5, 5.41) is 9.98. The van der Waals surface area contributed by atoms with Crippen molar-refractivity contribution in [3.05, 3.63) is 40.8 Å². The quantitative estimate of drug-likeness (QED) is 0.853. The normalized spacial score (nSPS) is 9.95. The molecule has 2 aromatic rings. The number of carbonyl (C=O) groups is 1. The van der Waals surface area contributed by atoms with E-state index in [9.17, 15) is 4.79 Å². The summed E-state index contributed by atoms with van der Waals surface area (Å²) in [5.74, 6) is 0.00589. The summed E-state index contributed by atoms with van der Waals surface area (Å²) >= 11 is 0. The number of carbonyl (C=O) groups excluding carboxylic acids is 1. The zero-order valence-corrected chi connectivity index (χ0v) is 14.4. The maximum atomic E-state index is 12.0. The van der Waals surface area contributed by atoms with E-state index >= 15 is 0 Å². The molecule has 20 heavy (non-hydrogen) atoms. The molecular weight excluding hydrogens is 335 g/mol. The predicted octanol–water partition coefficient (Wildman–Crippen LogP) is 1.88. The molecule has 0 unspecified atom stereocenters. The van der Waals surface area contributed by atoms with Crippen molar-refractivity contribution in [3.8, 4) is 0 Å². The minimum atomic E-state index is -0.304. The number of nitrogens with zero attached hydrogens (tertiary/aromatic N) is 2. The molecule has 7 heteroatoms. The first kappa shape index (κ1) is 16.9. The van der Waals surface area contributed by atoms with Crippen molar-refractivity contribution < 1.29 is 46.7 Å². The molecule has 0 fully saturated rings. The van der Waals surface area contributed by atoms with Crippen molar-refractivity contribution in [1.29, 1.82) is 0 Å². The molecule has 1 radical (unpaired) electrons. The number of rotatable bonds is 4. The molecule has 1 aromatic carbocycles. The Labute approximate surface area is 142 Å². The van der Waals surface area contributed by atoms with Crippen LogP contribution in [0.1, 0.15) is 27.4 Å². The summed E-state index contributed by atoms with van der Waals surface area (Å²) in [6, 6.07) is 6.70. The second kappa shape index (κ2) is 7.62. The van der Waals surface area contributed by atoms with E-state index < -0.39 is 0 Å². The van der Waals surface area contributed by atoms with E-state index in [2.05, 4.69) is 21.6 Å². The van der Waals surface area contributed by atoms with E-state index in [1.807, 2.05) is 19.9 Å². The third kappa shape index (κ3) is 4.20. The Balaban J connectivity index is 0.00000200. The number of aryl methyl sites for hydroxylation is 2. The molecule has 0 saturated heterocycles. The number of anilines is 1. The average molecular weight is 349 g/mol. The Kier molecular flexibility index (Phi) is 6.45. The molecule has 0 aliphatic rings. The van der Waals surface area contributed by atoms with Gasteiger partial charge in [0.1, 0.15) is 6.61 Å². The van der Waals surface area contributed by atoms with Gasteiger partial charge in [-0.05, 0) is 0 Å². The van der Waals surface area contributed by atoms with Crippen LogP contribution >= 0.6 is 0 Å². The van der Waals surface area contributed by atoms with Gasteiger partial charge in [-0.25, -0.2) is 0 Å². The fraction of sp³-hybridized carbons (Fsp3) is 0.308. The largest absolute Gasteiger partial charge is 0.405 e. The van der Waals surface area contributed by atoms with E-state index in [0.717, 1.165) is 11.1 Å². The summed E-state index contributed by atoms with van der Waals surface area (Å²) in [5.41, 5.74) is 2.28. The van der Waals surface area contributed by atoms with Gasteiger partial charge in [0, 0.05) is 39.8 Å². The molecule has 6 nitrogen and oxygen atoms in total. The first-order valence-corrected chi connectivity index (χ1v) is 5.72. The Bertz CT molecular complexity index is 598. The molecule has 1 amide bonds. The van der Waals surface area contributed by atoms with E-state index in [0.29, 0.717) is 11.5 Å².